The van der Waals surface area contributed by atoms with Crippen molar-refractivity contribution in [3.8, 4) is 11.5 Å². The molecule has 2 N–H and O–H groups in total. The lowest BCUT2D eigenvalue weighted by atomic mass is 10.2. The number of rotatable bonds is 7. The van der Waals surface area contributed by atoms with Crippen molar-refractivity contribution in [3.05, 3.63) is 48.5 Å². The first-order valence-corrected chi connectivity index (χ1v) is 10.1. The largest absolute Gasteiger partial charge is 0.467 e. The quantitative estimate of drug-likeness (QED) is 0.585. The third-order valence-electron chi connectivity index (χ3n) is 4.06. The van der Waals surface area contributed by atoms with Crippen LogP contribution in [0.15, 0.2) is 52.9 Å². The number of anilines is 1. The molecule has 0 bridgehead atoms. The van der Waals surface area contributed by atoms with E-state index in [2.05, 4.69) is 15.6 Å². The molecule has 0 aliphatic rings. The zero-order chi connectivity index (χ0) is 19.9. The highest BCUT2D eigenvalue weighted by Crippen LogP contribution is 2.26. The van der Waals surface area contributed by atoms with Gasteiger partial charge >= 0.3 is 12.0 Å². The highest BCUT2D eigenvalue weighted by Gasteiger charge is 2.21. The van der Waals surface area contributed by atoms with Gasteiger partial charge in [-0.2, -0.15) is 11.8 Å². The second-order valence-corrected chi connectivity index (χ2v) is 7.01. The summed E-state index contributed by atoms with van der Waals surface area (Å²) in [5.41, 5.74) is 2.76. The summed E-state index contributed by atoms with van der Waals surface area (Å²) in [6, 6.07) is 13.5. The standard InChI is InChI=1S/C20H21N3O4S/c1-26-19(24)16(10-11-28-2)23-20(25)21-14-7-5-6-13(12-14)18-22-15-8-3-4-9-17(15)27-18/h3-9,12,16H,10-11H2,1-2H3,(H2,21,23,25). The number of urea groups is 1. The molecule has 0 spiro atoms. The summed E-state index contributed by atoms with van der Waals surface area (Å²) in [6.45, 7) is 0. The first kappa shape index (κ1) is 19.8. The molecule has 3 aromatic rings. The molecular formula is C20H21N3O4S. The second kappa shape index (κ2) is 9.27. The van der Waals surface area contributed by atoms with Crippen LogP contribution in [-0.2, 0) is 9.53 Å². The first-order chi connectivity index (χ1) is 13.6. The van der Waals surface area contributed by atoms with Crippen molar-refractivity contribution < 1.29 is 18.7 Å². The molecule has 0 saturated carbocycles. The molecule has 1 unspecified atom stereocenters. The lowest BCUT2D eigenvalue weighted by molar-refractivity contribution is -0.142. The number of amides is 2. The zero-order valence-electron chi connectivity index (χ0n) is 15.6. The van der Waals surface area contributed by atoms with E-state index < -0.39 is 18.0 Å². The average molecular weight is 399 g/mol. The van der Waals surface area contributed by atoms with Crippen LogP contribution >= 0.6 is 11.8 Å². The minimum Gasteiger partial charge on any atom is -0.467 e. The molecule has 3 rings (SSSR count). The highest BCUT2D eigenvalue weighted by atomic mass is 32.2. The fraction of sp³-hybridized carbons (Fsp3) is 0.250. The Balaban J connectivity index is 1.71. The summed E-state index contributed by atoms with van der Waals surface area (Å²) in [5, 5.41) is 5.39. The van der Waals surface area contributed by atoms with Crippen molar-refractivity contribution >= 4 is 40.5 Å². The second-order valence-electron chi connectivity index (χ2n) is 6.02. The molecule has 8 heteroatoms. The van der Waals surface area contributed by atoms with Gasteiger partial charge in [0.15, 0.2) is 5.58 Å². The van der Waals surface area contributed by atoms with Crippen LogP contribution in [0, 0.1) is 0 Å². The van der Waals surface area contributed by atoms with Gasteiger partial charge in [-0.1, -0.05) is 18.2 Å². The number of para-hydroxylation sites is 2. The Morgan fingerprint density at radius 3 is 2.79 bits per heavy atom. The predicted molar refractivity (Wildman–Crippen MR) is 110 cm³/mol. The summed E-state index contributed by atoms with van der Waals surface area (Å²) in [6.07, 6.45) is 2.43. The Kier molecular flexibility index (Phi) is 6.54. The monoisotopic (exact) mass is 399 g/mol. The number of fused-ring (bicyclic) bond motifs is 1. The van der Waals surface area contributed by atoms with E-state index in [0.717, 1.165) is 16.8 Å². The fourth-order valence-electron chi connectivity index (χ4n) is 2.68. The van der Waals surface area contributed by atoms with E-state index >= 15 is 0 Å². The third kappa shape index (κ3) is 4.83. The third-order valence-corrected chi connectivity index (χ3v) is 4.71. The molecule has 1 atom stereocenters. The summed E-state index contributed by atoms with van der Waals surface area (Å²) >= 11 is 1.59. The summed E-state index contributed by atoms with van der Waals surface area (Å²) in [4.78, 5) is 28.6. The van der Waals surface area contributed by atoms with E-state index in [9.17, 15) is 9.59 Å². The summed E-state index contributed by atoms with van der Waals surface area (Å²) in [7, 11) is 1.30. The normalized spacial score (nSPS) is 11.8. The van der Waals surface area contributed by atoms with Crippen LogP contribution in [0.1, 0.15) is 6.42 Å². The Hall–Kier alpha value is -3.00. The molecule has 0 saturated heterocycles. The zero-order valence-corrected chi connectivity index (χ0v) is 16.4. The van der Waals surface area contributed by atoms with Gasteiger partial charge in [0.1, 0.15) is 11.6 Å². The van der Waals surface area contributed by atoms with Gasteiger partial charge in [-0.05, 0) is 48.8 Å². The van der Waals surface area contributed by atoms with Crippen molar-refractivity contribution in [3.63, 3.8) is 0 Å². The van der Waals surface area contributed by atoms with Crippen molar-refractivity contribution in [1.82, 2.24) is 10.3 Å². The summed E-state index contributed by atoms with van der Waals surface area (Å²) < 4.78 is 10.5. The van der Waals surface area contributed by atoms with Gasteiger partial charge in [0.25, 0.3) is 0 Å². The summed E-state index contributed by atoms with van der Waals surface area (Å²) in [5.74, 6) is 0.731. The van der Waals surface area contributed by atoms with E-state index in [0.29, 0.717) is 23.6 Å². The molecule has 0 aliphatic heterocycles. The smallest absolute Gasteiger partial charge is 0.328 e. The molecule has 2 aromatic carbocycles. The van der Waals surface area contributed by atoms with Crippen molar-refractivity contribution in [1.29, 1.82) is 0 Å². The van der Waals surface area contributed by atoms with Crippen molar-refractivity contribution in [2.75, 3.05) is 24.4 Å². The van der Waals surface area contributed by atoms with E-state index in [1.165, 1.54) is 7.11 Å². The van der Waals surface area contributed by atoms with Crippen LogP contribution in [0.3, 0.4) is 0 Å². The highest BCUT2D eigenvalue weighted by molar-refractivity contribution is 7.98. The number of aromatic nitrogens is 1. The van der Waals surface area contributed by atoms with Gasteiger partial charge < -0.3 is 19.8 Å². The van der Waals surface area contributed by atoms with Gasteiger partial charge in [0.2, 0.25) is 5.89 Å². The number of nitrogens with zero attached hydrogens (tertiary/aromatic N) is 1. The Morgan fingerprint density at radius 1 is 1.21 bits per heavy atom. The maximum Gasteiger partial charge on any atom is 0.328 e. The van der Waals surface area contributed by atoms with Gasteiger partial charge in [0, 0.05) is 11.3 Å². The number of carbonyl (C=O) groups is 2. The molecule has 0 fully saturated rings. The van der Waals surface area contributed by atoms with Gasteiger partial charge in [0.05, 0.1) is 7.11 Å². The number of carbonyl (C=O) groups excluding carboxylic acids is 2. The number of oxazole rings is 1. The predicted octanol–water partition coefficient (Wildman–Crippen LogP) is 3.91. The van der Waals surface area contributed by atoms with Gasteiger partial charge in [-0.3, -0.25) is 0 Å². The molecular weight excluding hydrogens is 378 g/mol. The average Bonchev–Trinajstić information content (AvgIpc) is 3.15. The van der Waals surface area contributed by atoms with E-state index in [1.807, 2.05) is 36.6 Å². The molecule has 1 aromatic heterocycles. The van der Waals surface area contributed by atoms with Crippen LogP contribution in [0.4, 0.5) is 10.5 Å². The van der Waals surface area contributed by atoms with Crippen LogP contribution in [0.25, 0.3) is 22.6 Å². The number of ether oxygens (including phenoxy) is 1. The Labute approximate surface area is 166 Å². The van der Waals surface area contributed by atoms with Crippen LogP contribution in [0.2, 0.25) is 0 Å². The maximum absolute atomic E-state index is 12.3. The van der Waals surface area contributed by atoms with Crippen molar-refractivity contribution in [2.24, 2.45) is 0 Å². The number of nitrogens with one attached hydrogen (secondary N) is 2. The Bertz CT molecular complexity index is 940. The molecule has 1 heterocycles. The van der Waals surface area contributed by atoms with Crippen LogP contribution < -0.4 is 10.6 Å². The Morgan fingerprint density at radius 2 is 2.04 bits per heavy atom. The van der Waals surface area contributed by atoms with E-state index in [1.54, 1.807) is 30.0 Å². The van der Waals surface area contributed by atoms with E-state index in [-0.39, 0.29) is 0 Å². The van der Waals surface area contributed by atoms with Crippen LogP contribution in [0.5, 0.6) is 0 Å². The molecule has 2 amide bonds. The molecule has 0 aliphatic carbocycles. The fourth-order valence-corrected chi connectivity index (χ4v) is 3.15. The van der Waals surface area contributed by atoms with E-state index in [4.69, 9.17) is 9.15 Å². The molecule has 7 nitrogen and oxygen atoms in total. The number of hydrogen-bond acceptors (Lipinski definition) is 6. The minimum atomic E-state index is -0.697. The molecule has 28 heavy (non-hydrogen) atoms. The van der Waals surface area contributed by atoms with Gasteiger partial charge in [-0.25, -0.2) is 14.6 Å². The van der Waals surface area contributed by atoms with Crippen LogP contribution in [-0.4, -0.2) is 42.1 Å². The number of thioether (sulfide) groups is 1. The first-order valence-electron chi connectivity index (χ1n) is 8.71. The number of benzene rings is 2. The van der Waals surface area contributed by atoms with Gasteiger partial charge in [-0.15, -0.1) is 0 Å². The SMILES string of the molecule is COC(=O)C(CCSC)NC(=O)Nc1cccc(-c2nc3ccccc3o2)c1. The number of hydrogen-bond donors (Lipinski definition) is 2. The number of esters is 1. The lowest BCUT2D eigenvalue weighted by Gasteiger charge is -2.16. The van der Waals surface area contributed by atoms with Crippen molar-refractivity contribution in [2.45, 2.75) is 12.5 Å². The number of methoxy groups -OCH3 is 1. The minimum absolute atomic E-state index is 0.468. The topological polar surface area (TPSA) is 93.5 Å². The lowest BCUT2D eigenvalue weighted by Crippen LogP contribution is -2.44. The maximum atomic E-state index is 12.3. The molecule has 0 radical (unpaired) electrons. The molecule has 146 valence electrons.